The Kier molecular flexibility index (Phi) is 4.44. The van der Waals surface area contributed by atoms with Crippen LogP contribution in [0.1, 0.15) is 46.8 Å². The Hall–Kier alpha value is -2.53. The molecule has 5 heteroatoms. The number of H-pyrrole nitrogens is 1. The predicted molar refractivity (Wildman–Crippen MR) is 93.0 cm³/mol. The lowest BCUT2D eigenvalue weighted by Gasteiger charge is -2.16. The van der Waals surface area contributed by atoms with E-state index in [1.54, 1.807) is 12.1 Å². The molecule has 0 aliphatic carbocycles. The number of fused-ring (bicyclic) bond motifs is 1. The second kappa shape index (κ2) is 6.53. The molecule has 0 fully saturated rings. The van der Waals surface area contributed by atoms with Crippen molar-refractivity contribution in [3.8, 4) is 0 Å². The largest absolute Gasteiger partial charge is 0.467 e. The van der Waals surface area contributed by atoms with Gasteiger partial charge in [-0.15, -0.1) is 0 Å². The molecule has 2 aromatic heterocycles. The Bertz CT molecular complexity index is 849. The molecule has 0 aliphatic rings. The van der Waals surface area contributed by atoms with Gasteiger partial charge in [0.25, 0.3) is 5.91 Å². The van der Waals surface area contributed by atoms with Gasteiger partial charge in [0.05, 0.1) is 6.26 Å². The van der Waals surface area contributed by atoms with Crippen molar-refractivity contribution >= 4 is 16.8 Å². The van der Waals surface area contributed by atoms with Crippen LogP contribution in [0.15, 0.2) is 41.0 Å². The van der Waals surface area contributed by atoms with Crippen molar-refractivity contribution in [2.75, 3.05) is 0 Å². The number of benzene rings is 1. The Morgan fingerprint density at radius 1 is 1.33 bits per heavy atom. The molecule has 0 aliphatic heterocycles. The summed E-state index contributed by atoms with van der Waals surface area (Å²) in [5.41, 5.74) is 3.91. The van der Waals surface area contributed by atoms with Crippen molar-refractivity contribution in [3.05, 3.63) is 59.2 Å². The van der Waals surface area contributed by atoms with Crippen LogP contribution in [0, 0.1) is 13.8 Å². The fourth-order valence-corrected chi connectivity index (χ4v) is 2.90. The Balaban J connectivity index is 1.69. The number of hydrogen-bond donors (Lipinski definition) is 3. The minimum absolute atomic E-state index is 0.144. The zero-order valence-electron chi connectivity index (χ0n) is 14.1. The summed E-state index contributed by atoms with van der Waals surface area (Å²) in [7, 11) is 0. The van der Waals surface area contributed by atoms with Crippen molar-refractivity contribution in [3.63, 3.8) is 0 Å². The quantitative estimate of drug-likeness (QED) is 0.670. The van der Waals surface area contributed by atoms with E-state index in [1.807, 2.05) is 39.0 Å². The number of aliphatic hydroxyl groups excluding tert-OH is 1. The molecule has 1 amide bonds. The number of hydrogen-bond acceptors (Lipinski definition) is 3. The molecule has 2 atom stereocenters. The molecule has 5 nitrogen and oxygen atoms in total. The molecule has 24 heavy (non-hydrogen) atoms. The average molecular weight is 326 g/mol. The zero-order chi connectivity index (χ0) is 17.3. The van der Waals surface area contributed by atoms with E-state index < -0.39 is 6.10 Å². The number of amides is 1. The highest BCUT2D eigenvalue weighted by Crippen LogP contribution is 2.23. The first-order valence-corrected chi connectivity index (χ1v) is 8.07. The maximum atomic E-state index is 12.5. The van der Waals surface area contributed by atoms with Crippen LogP contribution in [-0.4, -0.2) is 22.0 Å². The van der Waals surface area contributed by atoms with Crippen molar-refractivity contribution in [2.24, 2.45) is 0 Å². The van der Waals surface area contributed by atoms with Gasteiger partial charge in [-0.2, -0.15) is 0 Å². The van der Waals surface area contributed by atoms with Gasteiger partial charge in [0, 0.05) is 34.6 Å². The minimum Gasteiger partial charge on any atom is -0.467 e. The second-order valence-corrected chi connectivity index (χ2v) is 6.28. The molecule has 0 saturated heterocycles. The minimum atomic E-state index is -0.729. The lowest BCUT2D eigenvalue weighted by atomic mass is 10.1. The molecular weight excluding hydrogens is 304 g/mol. The van der Waals surface area contributed by atoms with E-state index in [9.17, 15) is 9.90 Å². The van der Waals surface area contributed by atoms with Gasteiger partial charge in [0.15, 0.2) is 0 Å². The summed E-state index contributed by atoms with van der Waals surface area (Å²) < 4.78 is 5.18. The summed E-state index contributed by atoms with van der Waals surface area (Å²) in [6.45, 7) is 5.93. The topological polar surface area (TPSA) is 78.3 Å². The number of nitrogens with one attached hydrogen (secondary N) is 2. The van der Waals surface area contributed by atoms with E-state index >= 15 is 0 Å². The van der Waals surface area contributed by atoms with Crippen molar-refractivity contribution < 1.29 is 14.3 Å². The molecule has 126 valence electrons. The highest BCUT2D eigenvalue weighted by Gasteiger charge is 2.17. The molecule has 1 aromatic carbocycles. The Morgan fingerprint density at radius 2 is 2.12 bits per heavy atom. The number of carbonyl (C=O) groups excluding carboxylic acids is 1. The van der Waals surface area contributed by atoms with Crippen LogP contribution in [-0.2, 0) is 0 Å². The predicted octanol–water partition coefficient (Wildman–Crippen LogP) is 3.62. The van der Waals surface area contributed by atoms with Crippen LogP contribution in [0.25, 0.3) is 10.9 Å². The van der Waals surface area contributed by atoms with E-state index in [1.165, 1.54) is 6.26 Å². The monoisotopic (exact) mass is 326 g/mol. The first-order valence-electron chi connectivity index (χ1n) is 8.07. The third kappa shape index (κ3) is 3.21. The Labute approximate surface area is 140 Å². The van der Waals surface area contributed by atoms with Gasteiger partial charge in [-0.25, -0.2) is 0 Å². The molecule has 2 heterocycles. The average Bonchev–Trinajstić information content (AvgIpc) is 3.16. The van der Waals surface area contributed by atoms with Crippen molar-refractivity contribution in [1.82, 2.24) is 10.3 Å². The molecule has 0 saturated carbocycles. The number of aromatic nitrogens is 1. The van der Waals surface area contributed by atoms with Crippen molar-refractivity contribution in [2.45, 2.75) is 39.3 Å². The van der Waals surface area contributed by atoms with Crippen LogP contribution in [0.3, 0.4) is 0 Å². The summed E-state index contributed by atoms with van der Waals surface area (Å²) in [6.07, 6.45) is 1.19. The SMILES string of the molecule is Cc1[nH]c2ccc(C(=O)NC(C)CC(O)c3ccco3)cc2c1C. The highest BCUT2D eigenvalue weighted by molar-refractivity contribution is 5.99. The van der Waals surface area contributed by atoms with Crippen LogP contribution >= 0.6 is 0 Å². The van der Waals surface area contributed by atoms with Gasteiger partial charge in [0.2, 0.25) is 0 Å². The number of aryl methyl sites for hydroxylation is 2. The van der Waals surface area contributed by atoms with Crippen LogP contribution < -0.4 is 5.32 Å². The molecule has 3 rings (SSSR count). The van der Waals surface area contributed by atoms with E-state index in [4.69, 9.17) is 4.42 Å². The van der Waals surface area contributed by atoms with Gasteiger partial charge < -0.3 is 19.8 Å². The fraction of sp³-hybridized carbons (Fsp3) is 0.316. The van der Waals surface area contributed by atoms with Crippen LogP contribution in [0.2, 0.25) is 0 Å². The maximum Gasteiger partial charge on any atom is 0.251 e. The second-order valence-electron chi connectivity index (χ2n) is 6.28. The smallest absolute Gasteiger partial charge is 0.251 e. The number of aliphatic hydroxyl groups is 1. The molecule has 0 radical (unpaired) electrons. The maximum absolute atomic E-state index is 12.5. The van der Waals surface area contributed by atoms with Gasteiger partial charge in [-0.1, -0.05) is 0 Å². The number of furan rings is 1. The first kappa shape index (κ1) is 16.3. The van der Waals surface area contributed by atoms with Gasteiger partial charge in [0.1, 0.15) is 11.9 Å². The molecule has 0 spiro atoms. The molecule has 0 bridgehead atoms. The van der Waals surface area contributed by atoms with Crippen LogP contribution in [0.4, 0.5) is 0 Å². The van der Waals surface area contributed by atoms with Gasteiger partial charge >= 0.3 is 0 Å². The summed E-state index contributed by atoms with van der Waals surface area (Å²) in [4.78, 5) is 15.8. The number of rotatable bonds is 5. The normalized spacial score (nSPS) is 13.8. The van der Waals surface area contributed by atoms with E-state index in [0.29, 0.717) is 17.7 Å². The van der Waals surface area contributed by atoms with Crippen molar-refractivity contribution in [1.29, 1.82) is 0 Å². The zero-order valence-corrected chi connectivity index (χ0v) is 14.1. The van der Waals surface area contributed by atoms with Crippen LogP contribution in [0.5, 0.6) is 0 Å². The lowest BCUT2D eigenvalue weighted by molar-refractivity contribution is 0.0903. The summed E-state index contributed by atoms with van der Waals surface area (Å²) in [5, 5.41) is 14.1. The third-order valence-electron chi connectivity index (χ3n) is 4.40. The molecular formula is C19H22N2O3. The fourth-order valence-electron chi connectivity index (χ4n) is 2.90. The standard InChI is InChI=1S/C19H22N2O3/c1-11(9-17(22)18-5-4-8-24-18)20-19(23)14-6-7-16-15(10-14)12(2)13(3)21-16/h4-8,10-11,17,21-22H,9H2,1-3H3,(H,20,23). The molecule has 2 unspecified atom stereocenters. The van der Waals surface area contributed by atoms with Gasteiger partial charge in [-0.05, 0) is 56.7 Å². The first-order chi connectivity index (χ1) is 11.5. The summed E-state index contributed by atoms with van der Waals surface area (Å²) in [5.74, 6) is 0.366. The highest BCUT2D eigenvalue weighted by atomic mass is 16.4. The number of carbonyl (C=O) groups is 1. The molecule has 3 N–H and O–H groups in total. The summed E-state index contributed by atoms with van der Waals surface area (Å²) >= 11 is 0. The number of aromatic amines is 1. The van der Waals surface area contributed by atoms with E-state index in [-0.39, 0.29) is 11.9 Å². The lowest BCUT2D eigenvalue weighted by Crippen LogP contribution is -2.33. The van der Waals surface area contributed by atoms with E-state index in [0.717, 1.165) is 22.2 Å². The van der Waals surface area contributed by atoms with E-state index in [2.05, 4.69) is 10.3 Å². The molecule has 3 aromatic rings. The Morgan fingerprint density at radius 3 is 2.83 bits per heavy atom. The third-order valence-corrected chi connectivity index (χ3v) is 4.40. The summed E-state index contributed by atoms with van der Waals surface area (Å²) in [6, 6.07) is 8.92. The van der Waals surface area contributed by atoms with Gasteiger partial charge in [-0.3, -0.25) is 4.79 Å².